The highest BCUT2D eigenvalue weighted by Crippen LogP contribution is 2.25. The van der Waals surface area contributed by atoms with Crippen molar-refractivity contribution < 1.29 is 22.8 Å². The fraction of sp³-hybridized carbons (Fsp3) is 0.333. The lowest BCUT2D eigenvalue weighted by molar-refractivity contribution is 0.101. The smallest absolute Gasteiger partial charge is 0.278 e. The number of carbonyl (C=O) groups is 1. The molecule has 0 saturated heterocycles. The molecule has 0 bridgehead atoms. The lowest BCUT2D eigenvalue weighted by Gasteiger charge is -2.09. The first-order valence-electron chi connectivity index (χ1n) is 10.9. The molecule has 11 heteroatoms. The highest BCUT2D eigenvalue weighted by atomic mass is 19.1. The summed E-state index contributed by atoms with van der Waals surface area (Å²) in [6, 6.07) is 2.99. The molecule has 0 unspecified atom stereocenters. The van der Waals surface area contributed by atoms with Crippen molar-refractivity contribution in [3.8, 4) is 5.75 Å². The summed E-state index contributed by atoms with van der Waals surface area (Å²) >= 11 is 0. The Morgan fingerprint density at radius 3 is 2.46 bits per heavy atom. The van der Waals surface area contributed by atoms with Gasteiger partial charge in [-0.1, -0.05) is 5.16 Å². The number of nitrogens with zero attached hydrogens (tertiary/aromatic N) is 5. The van der Waals surface area contributed by atoms with E-state index in [1.54, 1.807) is 13.8 Å². The molecule has 0 aliphatic heterocycles. The maximum absolute atomic E-state index is 13.9. The van der Waals surface area contributed by atoms with E-state index in [2.05, 4.69) is 20.7 Å². The van der Waals surface area contributed by atoms with Gasteiger partial charge >= 0.3 is 0 Å². The fourth-order valence-corrected chi connectivity index (χ4v) is 3.88. The van der Waals surface area contributed by atoms with Gasteiger partial charge in [0.2, 0.25) is 0 Å². The molecule has 0 fully saturated rings. The Kier molecular flexibility index (Phi) is 6.42. The molecule has 1 amide bonds. The summed E-state index contributed by atoms with van der Waals surface area (Å²) < 4.78 is 41.4. The zero-order valence-electron chi connectivity index (χ0n) is 20.4. The third-order valence-electron chi connectivity index (χ3n) is 6.05. The number of amides is 1. The van der Waals surface area contributed by atoms with E-state index in [9.17, 15) is 13.6 Å². The van der Waals surface area contributed by atoms with Crippen molar-refractivity contribution in [1.29, 1.82) is 0 Å². The summed E-state index contributed by atoms with van der Waals surface area (Å²) in [5, 5.41) is 15.8. The average Bonchev–Trinajstić information content (AvgIpc) is 3.38. The van der Waals surface area contributed by atoms with Crippen LogP contribution in [-0.4, -0.2) is 30.6 Å². The number of hydrogen-bond donors (Lipinski definition) is 1. The minimum atomic E-state index is -0.845. The molecular weight excluding hydrogens is 458 g/mol. The molecule has 4 rings (SSSR count). The maximum Gasteiger partial charge on any atom is 0.278 e. The predicted octanol–water partition coefficient (Wildman–Crippen LogP) is 4.30. The highest BCUT2D eigenvalue weighted by Gasteiger charge is 2.24. The van der Waals surface area contributed by atoms with Gasteiger partial charge in [0.15, 0.2) is 17.3 Å². The molecule has 1 N–H and O–H groups in total. The average molecular weight is 485 g/mol. The van der Waals surface area contributed by atoms with Gasteiger partial charge in [-0.05, 0) is 46.8 Å². The van der Waals surface area contributed by atoms with E-state index in [0.717, 1.165) is 34.8 Å². The Hall–Kier alpha value is -4.02. The Morgan fingerprint density at radius 2 is 1.80 bits per heavy atom. The molecule has 0 saturated carbocycles. The highest BCUT2D eigenvalue weighted by molar-refractivity contribution is 6.04. The second-order valence-corrected chi connectivity index (χ2v) is 8.36. The van der Waals surface area contributed by atoms with Crippen LogP contribution in [0.15, 0.2) is 22.7 Å². The quantitative estimate of drug-likeness (QED) is 0.420. The summed E-state index contributed by atoms with van der Waals surface area (Å²) in [5.41, 5.74) is 5.36. The predicted molar refractivity (Wildman–Crippen MR) is 123 cm³/mol. The van der Waals surface area contributed by atoms with Crippen molar-refractivity contribution in [2.75, 3.05) is 5.32 Å². The number of benzene rings is 1. The van der Waals surface area contributed by atoms with Gasteiger partial charge in [-0.3, -0.25) is 14.2 Å². The lowest BCUT2D eigenvalue weighted by atomic mass is 10.2. The molecule has 0 aliphatic carbocycles. The first kappa shape index (κ1) is 24.1. The van der Waals surface area contributed by atoms with Crippen LogP contribution in [-0.2, 0) is 20.2 Å². The minimum Gasteiger partial charge on any atom is -0.486 e. The summed E-state index contributed by atoms with van der Waals surface area (Å²) in [6.07, 6.45) is 0. The zero-order valence-corrected chi connectivity index (χ0v) is 20.4. The standard InChI is InChI=1S/C24H26F2N6O3/c1-12-18(14(3)31(6)28-12)10-32-15(4)22(13(2)29-32)27-24(33)23-19(16(5)35-30-23)11-34-21-8-7-17(25)9-20(21)26/h7-9H,10-11H2,1-6H3,(H,27,33). The summed E-state index contributed by atoms with van der Waals surface area (Å²) in [7, 11) is 1.89. The lowest BCUT2D eigenvalue weighted by Crippen LogP contribution is -2.16. The van der Waals surface area contributed by atoms with Gasteiger partial charge in [-0.25, -0.2) is 8.78 Å². The molecule has 9 nitrogen and oxygen atoms in total. The molecule has 0 atom stereocenters. The zero-order chi connectivity index (χ0) is 25.4. The van der Waals surface area contributed by atoms with E-state index in [-0.39, 0.29) is 18.1 Å². The van der Waals surface area contributed by atoms with Crippen LogP contribution in [0.25, 0.3) is 0 Å². The largest absolute Gasteiger partial charge is 0.486 e. The molecule has 0 aliphatic rings. The summed E-state index contributed by atoms with van der Waals surface area (Å²) in [5.74, 6) is -1.87. The first-order valence-corrected chi connectivity index (χ1v) is 10.9. The monoisotopic (exact) mass is 484 g/mol. The number of nitrogens with one attached hydrogen (secondary N) is 1. The Labute approximate surface area is 200 Å². The molecule has 3 aromatic heterocycles. The van der Waals surface area contributed by atoms with Crippen LogP contribution >= 0.6 is 0 Å². The van der Waals surface area contributed by atoms with Gasteiger partial charge in [0, 0.05) is 24.4 Å². The van der Waals surface area contributed by atoms with E-state index in [0.29, 0.717) is 29.2 Å². The van der Waals surface area contributed by atoms with Crippen LogP contribution < -0.4 is 10.1 Å². The van der Waals surface area contributed by atoms with Crippen LogP contribution in [0.1, 0.15) is 50.2 Å². The number of anilines is 1. The van der Waals surface area contributed by atoms with Gasteiger partial charge < -0.3 is 14.6 Å². The van der Waals surface area contributed by atoms with Crippen molar-refractivity contribution in [1.82, 2.24) is 24.7 Å². The van der Waals surface area contributed by atoms with E-state index in [4.69, 9.17) is 9.26 Å². The van der Waals surface area contributed by atoms with E-state index < -0.39 is 17.5 Å². The Balaban J connectivity index is 1.54. The van der Waals surface area contributed by atoms with Crippen molar-refractivity contribution in [3.63, 3.8) is 0 Å². The second kappa shape index (κ2) is 9.32. The molecule has 3 heterocycles. The first-order chi connectivity index (χ1) is 16.6. The third kappa shape index (κ3) is 4.66. The van der Waals surface area contributed by atoms with Crippen LogP contribution in [0.4, 0.5) is 14.5 Å². The topological polar surface area (TPSA) is 100 Å². The number of ether oxygens (including phenoxy) is 1. The van der Waals surface area contributed by atoms with E-state index in [1.165, 1.54) is 6.07 Å². The number of rotatable bonds is 7. The number of aryl methyl sites for hydroxylation is 4. The van der Waals surface area contributed by atoms with Gasteiger partial charge in [-0.2, -0.15) is 10.2 Å². The van der Waals surface area contributed by atoms with E-state index in [1.807, 2.05) is 37.2 Å². The summed E-state index contributed by atoms with van der Waals surface area (Å²) in [6.45, 7) is 9.57. The molecule has 184 valence electrons. The fourth-order valence-electron chi connectivity index (χ4n) is 3.88. The Morgan fingerprint density at radius 1 is 1.06 bits per heavy atom. The summed E-state index contributed by atoms with van der Waals surface area (Å²) in [4.78, 5) is 13.1. The van der Waals surface area contributed by atoms with Crippen molar-refractivity contribution in [2.45, 2.75) is 47.8 Å². The molecule has 0 radical (unpaired) electrons. The Bertz CT molecular complexity index is 1420. The van der Waals surface area contributed by atoms with Crippen molar-refractivity contribution >= 4 is 11.6 Å². The SMILES string of the molecule is Cc1nn(C)c(C)c1Cn1nc(C)c(NC(=O)c2noc(C)c2COc2ccc(F)cc2F)c1C. The maximum atomic E-state index is 13.9. The van der Waals surface area contributed by atoms with Gasteiger partial charge in [0.25, 0.3) is 5.91 Å². The number of aromatic nitrogens is 5. The van der Waals surface area contributed by atoms with Crippen LogP contribution in [0.5, 0.6) is 5.75 Å². The van der Waals surface area contributed by atoms with Gasteiger partial charge in [0.05, 0.1) is 34.9 Å². The van der Waals surface area contributed by atoms with E-state index >= 15 is 0 Å². The van der Waals surface area contributed by atoms with Gasteiger partial charge in [-0.15, -0.1) is 0 Å². The molecule has 4 aromatic rings. The normalized spacial score (nSPS) is 11.2. The second-order valence-electron chi connectivity index (χ2n) is 8.36. The number of hydrogen-bond acceptors (Lipinski definition) is 6. The molecule has 35 heavy (non-hydrogen) atoms. The van der Waals surface area contributed by atoms with Gasteiger partial charge in [0.1, 0.15) is 18.2 Å². The number of carbonyl (C=O) groups excluding carboxylic acids is 1. The van der Waals surface area contributed by atoms with Crippen LogP contribution in [0.2, 0.25) is 0 Å². The van der Waals surface area contributed by atoms with Crippen LogP contribution in [0, 0.1) is 46.3 Å². The third-order valence-corrected chi connectivity index (χ3v) is 6.05. The molecular formula is C24H26F2N6O3. The molecule has 0 spiro atoms. The van der Waals surface area contributed by atoms with Crippen molar-refractivity contribution in [2.24, 2.45) is 7.05 Å². The minimum absolute atomic E-state index is 0.00974. The van der Waals surface area contributed by atoms with Crippen LogP contribution in [0.3, 0.4) is 0 Å². The van der Waals surface area contributed by atoms with Crippen molar-refractivity contribution in [3.05, 3.63) is 75.2 Å². The number of halogens is 2. The molecule has 1 aromatic carbocycles.